The number of para-hydroxylation sites is 1. The van der Waals surface area contributed by atoms with Crippen molar-refractivity contribution in [3.63, 3.8) is 0 Å². The highest BCUT2D eigenvalue weighted by molar-refractivity contribution is 6.05. The third kappa shape index (κ3) is 2.97. The molecule has 6 heteroatoms. The molecule has 0 atom stereocenters. The molecule has 0 aliphatic carbocycles. The summed E-state index contributed by atoms with van der Waals surface area (Å²) >= 11 is 0. The molecule has 2 rings (SSSR count). The van der Waals surface area contributed by atoms with Crippen LogP contribution in [0, 0.1) is 0 Å². The summed E-state index contributed by atoms with van der Waals surface area (Å²) in [5.74, 6) is 4.93. The van der Waals surface area contributed by atoms with Crippen LogP contribution in [-0.4, -0.2) is 5.91 Å². The van der Waals surface area contributed by atoms with Crippen molar-refractivity contribution in [2.75, 3.05) is 5.01 Å². The SMILES string of the molecule is NN(C(=O)c1cccc(C(F)(F)F)c1)c1ccccc1. The van der Waals surface area contributed by atoms with E-state index >= 15 is 0 Å². The van der Waals surface area contributed by atoms with E-state index in [4.69, 9.17) is 5.84 Å². The fourth-order valence-corrected chi connectivity index (χ4v) is 1.67. The number of carbonyl (C=O) groups is 1. The lowest BCUT2D eigenvalue weighted by Crippen LogP contribution is -2.37. The number of anilines is 1. The van der Waals surface area contributed by atoms with Gasteiger partial charge in [0, 0.05) is 5.56 Å². The molecule has 104 valence electrons. The molecule has 1 amide bonds. The summed E-state index contributed by atoms with van der Waals surface area (Å²) in [7, 11) is 0. The van der Waals surface area contributed by atoms with Crippen molar-refractivity contribution < 1.29 is 18.0 Å². The molecule has 0 saturated heterocycles. The minimum Gasteiger partial charge on any atom is -0.267 e. The quantitative estimate of drug-likeness (QED) is 0.521. The van der Waals surface area contributed by atoms with Gasteiger partial charge in [0.1, 0.15) is 0 Å². The van der Waals surface area contributed by atoms with Crippen LogP contribution in [0.15, 0.2) is 54.6 Å². The van der Waals surface area contributed by atoms with Gasteiger partial charge >= 0.3 is 6.18 Å². The van der Waals surface area contributed by atoms with Gasteiger partial charge in [-0.2, -0.15) is 13.2 Å². The summed E-state index contributed by atoms with van der Waals surface area (Å²) in [5.41, 5.74) is -0.606. The summed E-state index contributed by atoms with van der Waals surface area (Å²) < 4.78 is 37.8. The highest BCUT2D eigenvalue weighted by Crippen LogP contribution is 2.29. The lowest BCUT2D eigenvalue weighted by Gasteiger charge is -2.17. The molecule has 0 saturated carbocycles. The molecule has 0 bridgehead atoms. The molecule has 0 fully saturated rings. The van der Waals surface area contributed by atoms with Crippen LogP contribution >= 0.6 is 0 Å². The average molecular weight is 280 g/mol. The summed E-state index contributed by atoms with van der Waals surface area (Å²) in [6.07, 6.45) is -4.50. The van der Waals surface area contributed by atoms with E-state index in [0.29, 0.717) is 5.69 Å². The minimum absolute atomic E-state index is 0.119. The van der Waals surface area contributed by atoms with Gasteiger partial charge in [-0.05, 0) is 30.3 Å². The lowest BCUT2D eigenvalue weighted by atomic mass is 10.1. The van der Waals surface area contributed by atoms with E-state index in [1.807, 2.05) is 0 Å². The standard InChI is InChI=1S/C14H11F3N2O/c15-14(16,17)11-6-4-5-10(9-11)13(20)19(18)12-7-2-1-3-8-12/h1-9H,18H2. The third-order valence-corrected chi connectivity index (χ3v) is 2.69. The number of nitrogens with zero attached hydrogens (tertiary/aromatic N) is 1. The third-order valence-electron chi connectivity index (χ3n) is 2.69. The highest BCUT2D eigenvalue weighted by atomic mass is 19.4. The van der Waals surface area contributed by atoms with Crippen molar-refractivity contribution in [1.29, 1.82) is 0 Å². The van der Waals surface area contributed by atoms with E-state index in [1.54, 1.807) is 30.3 Å². The van der Waals surface area contributed by atoms with Gasteiger partial charge in [-0.15, -0.1) is 0 Å². The Morgan fingerprint density at radius 2 is 1.65 bits per heavy atom. The molecule has 0 spiro atoms. The van der Waals surface area contributed by atoms with E-state index in [1.165, 1.54) is 12.1 Å². The first-order valence-electron chi connectivity index (χ1n) is 5.71. The number of hydrogen-bond acceptors (Lipinski definition) is 2. The second-order valence-corrected chi connectivity index (χ2v) is 4.09. The summed E-state index contributed by atoms with van der Waals surface area (Å²) in [6, 6.07) is 12.4. The first-order chi connectivity index (χ1) is 9.39. The topological polar surface area (TPSA) is 46.3 Å². The van der Waals surface area contributed by atoms with Gasteiger partial charge in [0.2, 0.25) is 0 Å². The monoisotopic (exact) mass is 280 g/mol. The van der Waals surface area contributed by atoms with Crippen molar-refractivity contribution in [2.45, 2.75) is 6.18 Å². The number of benzene rings is 2. The van der Waals surface area contributed by atoms with Crippen LogP contribution in [0.3, 0.4) is 0 Å². The van der Waals surface area contributed by atoms with Gasteiger partial charge in [-0.3, -0.25) is 4.79 Å². The van der Waals surface area contributed by atoms with Crippen LogP contribution in [0.1, 0.15) is 15.9 Å². The predicted molar refractivity (Wildman–Crippen MR) is 68.9 cm³/mol. The predicted octanol–water partition coefficient (Wildman–Crippen LogP) is 3.23. The molecular formula is C14H11F3N2O. The van der Waals surface area contributed by atoms with Crippen molar-refractivity contribution in [2.24, 2.45) is 5.84 Å². The molecule has 0 aliphatic rings. The molecule has 0 heterocycles. The zero-order valence-electron chi connectivity index (χ0n) is 10.3. The van der Waals surface area contributed by atoms with Crippen LogP contribution in [0.4, 0.5) is 18.9 Å². The van der Waals surface area contributed by atoms with Crippen molar-refractivity contribution in [3.05, 3.63) is 65.7 Å². The van der Waals surface area contributed by atoms with E-state index in [-0.39, 0.29) is 5.56 Å². The number of alkyl halides is 3. The molecule has 20 heavy (non-hydrogen) atoms. The Kier molecular flexibility index (Phi) is 3.76. The van der Waals surface area contributed by atoms with E-state index < -0.39 is 17.6 Å². The number of hydrazine groups is 1. The Morgan fingerprint density at radius 1 is 1.00 bits per heavy atom. The molecule has 2 N–H and O–H groups in total. The molecule has 2 aromatic rings. The number of nitrogens with two attached hydrogens (primary N) is 1. The molecular weight excluding hydrogens is 269 g/mol. The van der Waals surface area contributed by atoms with E-state index in [0.717, 1.165) is 17.1 Å². The molecule has 2 aromatic carbocycles. The molecule has 0 radical (unpaired) electrons. The Bertz CT molecular complexity index is 611. The molecule has 0 aromatic heterocycles. The smallest absolute Gasteiger partial charge is 0.267 e. The van der Waals surface area contributed by atoms with Gasteiger partial charge in [-0.1, -0.05) is 24.3 Å². The van der Waals surface area contributed by atoms with Crippen molar-refractivity contribution in [1.82, 2.24) is 0 Å². The van der Waals surface area contributed by atoms with Crippen LogP contribution in [0.5, 0.6) is 0 Å². The molecule has 3 nitrogen and oxygen atoms in total. The Morgan fingerprint density at radius 3 is 2.25 bits per heavy atom. The molecule has 0 unspecified atom stereocenters. The zero-order chi connectivity index (χ0) is 14.8. The van der Waals surface area contributed by atoms with Gasteiger partial charge in [0.05, 0.1) is 11.3 Å². The number of carbonyl (C=O) groups excluding carboxylic acids is 1. The number of halogens is 3. The maximum atomic E-state index is 12.6. The molecule has 0 aliphatic heterocycles. The number of hydrogen-bond donors (Lipinski definition) is 1. The zero-order valence-corrected chi connectivity index (χ0v) is 10.3. The van der Waals surface area contributed by atoms with Gasteiger partial charge in [0.15, 0.2) is 0 Å². The summed E-state index contributed by atoms with van der Waals surface area (Å²) in [5, 5.41) is 0.815. The maximum absolute atomic E-state index is 12.6. The van der Waals surface area contributed by atoms with E-state index in [9.17, 15) is 18.0 Å². The van der Waals surface area contributed by atoms with E-state index in [2.05, 4.69) is 0 Å². The Balaban J connectivity index is 2.30. The first-order valence-corrected chi connectivity index (χ1v) is 5.71. The van der Waals surface area contributed by atoms with Crippen LogP contribution in [-0.2, 0) is 6.18 Å². The normalized spacial score (nSPS) is 11.2. The maximum Gasteiger partial charge on any atom is 0.416 e. The first kappa shape index (κ1) is 14.1. The number of rotatable bonds is 2. The largest absolute Gasteiger partial charge is 0.416 e. The minimum atomic E-state index is -4.50. The Labute approximate surface area is 113 Å². The second kappa shape index (κ2) is 5.34. The fraction of sp³-hybridized carbons (Fsp3) is 0.0714. The van der Waals surface area contributed by atoms with Crippen LogP contribution in [0.2, 0.25) is 0 Å². The van der Waals surface area contributed by atoms with Crippen molar-refractivity contribution in [3.8, 4) is 0 Å². The van der Waals surface area contributed by atoms with Crippen molar-refractivity contribution >= 4 is 11.6 Å². The fourth-order valence-electron chi connectivity index (χ4n) is 1.67. The van der Waals surface area contributed by atoms with Crippen LogP contribution in [0.25, 0.3) is 0 Å². The van der Waals surface area contributed by atoms with Gasteiger partial charge in [0.25, 0.3) is 5.91 Å². The second-order valence-electron chi connectivity index (χ2n) is 4.09. The summed E-state index contributed by atoms with van der Waals surface area (Å²) in [4.78, 5) is 12.1. The average Bonchev–Trinajstić information content (AvgIpc) is 2.46. The number of amides is 1. The highest BCUT2D eigenvalue weighted by Gasteiger charge is 2.31. The Hall–Kier alpha value is -2.34. The van der Waals surface area contributed by atoms with Gasteiger partial charge in [-0.25, -0.2) is 10.9 Å². The summed E-state index contributed by atoms with van der Waals surface area (Å²) in [6.45, 7) is 0. The van der Waals surface area contributed by atoms with Gasteiger partial charge < -0.3 is 0 Å². The van der Waals surface area contributed by atoms with Crippen LogP contribution < -0.4 is 10.9 Å². The lowest BCUT2D eigenvalue weighted by molar-refractivity contribution is -0.137.